The summed E-state index contributed by atoms with van der Waals surface area (Å²) in [6, 6.07) is 3.21. The van der Waals surface area contributed by atoms with Gasteiger partial charge in [0.25, 0.3) is 0 Å². The molecule has 0 fully saturated rings. The summed E-state index contributed by atoms with van der Waals surface area (Å²) in [6.07, 6.45) is -3.65. The topological polar surface area (TPSA) is 39.4 Å². The highest BCUT2D eigenvalue weighted by molar-refractivity contribution is 5.40. The van der Waals surface area contributed by atoms with E-state index in [2.05, 4.69) is 14.8 Å². The maximum atomic E-state index is 11.9. The number of ether oxygens (including phenoxy) is 1. The zero-order chi connectivity index (χ0) is 15.1. The fraction of sp³-hybridized carbons (Fsp3) is 0.500. The van der Waals surface area contributed by atoms with Crippen molar-refractivity contribution in [1.29, 1.82) is 0 Å². The molecule has 4 nitrogen and oxygen atoms in total. The van der Waals surface area contributed by atoms with Crippen LogP contribution in [0.4, 0.5) is 13.2 Å². The molecular formula is C12H18F3N3O. The van der Waals surface area contributed by atoms with Gasteiger partial charge in [0.1, 0.15) is 0 Å². The summed E-state index contributed by atoms with van der Waals surface area (Å²) in [4.78, 5) is 3.60. The number of hydrogen-bond acceptors (Lipinski definition) is 3. The average molecular weight is 277 g/mol. The number of alkyl halides is 3. The molecule has 7 heteroatoms. The van der Waals surface area contributed by atoms with Gasteiger partial charge in [-0.25, -0.2) is 4.52 Å². The van der Waals surface area contributed by atoms with Crippen molar-refractivity contribution in [2.45, 2.75) is 41.0 Å². The van der Waals surface area contributed by atoms with E-state index >= 15 is 0 Å². The molecule has 0 aliphatic rings. The van der Waals surface area contributed by atoms with E-state index in [0.29, 0.717) is 11.3 Å². The minimum absolute atomic E-state index is 0.305. The van der Waals surface area contributed by atoms with E-state index in [1.165, 1.54) is 4.52 Å². The minimum Gasteiger partial charge on any atom is -0.386 e. The molecule has 0 saturated carbocycles. The lowest BCUT2D eigenvalue weighted by Crippen LogP contribution is -2.17. The first-order valence-corrected chi connectivity index (χ1v) is 6.03. The van der Waals surface area contributed by atoms with E-state index in [-0.39, 0.29) is 0 Å². The van der Waals surface area contributed by atoms with Crippen LogP contribution in [0.5, 0.6) is 5.88 Å². The summed E-state index contributed by atoms with van der Waals surface area (Å²) in [6.45, 7) is 9.73. The molecule has 0 bridgehead atoms. The molecule has 2 aromatic heterocycles. The lowest BCUT2D eigenvalue weighted by molar-refractivity contribution is -0.276. The highest BCUT2D eigenvalue weighted by Gasteiger charge is 2.32. The molecular weight excluding hydrogens is 259 g/mol. The molecule has 2 rings (SSSR count). The Bertz CT molecular complexity index is 494. The molecule has 2 aromatic rings. The monoisotopic (exact) mass is 277 g/mol. The predicted molar refractivity (Wildman–Crippen MR) is 67.1 cm³/mol. The van der Waals surface area contributed by atoms with Crippen molar-refractivity contribution in [3.05, 3.63) is 24.0 Å². The van der Waals surface area contributed by atoms with Crippen molar-refractivity contribution in [3.63, 3.8) is 0 Å². The molecule has 0 radical (unpaired) electrons. The molecule has 0 unspecified atom stereocenters. The lowest BCUT2D eigenvalue weighted by atomic mass is 10.4. The Labute approximate surface area is 110 Å². The van der Waals surface area contributed by atoms with Gasteiger partial charge in [0, 0.05) is 0 Å². The summed E-state index contributed by atoms with van der Waals surface area (Å²) < 4.78 is 40.5. The highest BCUT2D eigenvalue weighted by atomic mass is 19.4. The molecule has 108 valence electrons. The first-order chi connectivity index (χ1) is 8.94. The van der Waals surface area contributed by atoms with E-state index in [0.717, 1.165) is 6.20 Å². The van der Waals surface area contributed by atoms with E-state index in [1.807, 2.05) is 27.7 Å². The third-order valence-corrected chi connectivity index (χ3v) is 1.65. The van der Waals surface area contributed by atoms with Crippen LogP contribution in [0, 0.1) is 6.92 Å². The molecule has 0 amide bonds. The van der Waals surface area contributed by atoms with Gasteiger partial charge >= 0.3 is 6.36 Å². The number of halogens is 3. The van der Waals surface area contributed by atoms with E-state index < -0.39 is 12.2 Å². The summed E-state index contributed by atoms with van der Waals surface area (Å²) in [7, 11) is 0. The molecule has 2 heterocycles. The van der Waals surface area contributed by atoms with E-state index in [1.54, 1.807) is 19.1 Å². The highest BCUT2D eigenvalue weighted by Crippen LogP contribution is 2.21. The maximum Gasteiger partial charge on any atom is 0.574 e. The molecule has 0 spiro atoms. The van der Waals surface area contributed by atoms with Crippen LogP contribution >= 0.6 is 0 Å². The Kier molecular flexibility index (Phi) is 6.89. The zero-order valence-electron chi connectivity index (χ0n) is 11.6. The minimum atomic E-state index is -4.73. The average Bonchev–Trinajstić information content (AvgIpc) is 2.73. The van der Waals surface area contributed by atoms with Gasteiger partial charge < -0.3 is 4.74 Å². The molecule has 0 atom stereocenters. The summed E-state index contributed by atoms with van der Waals surface area (Å²) in [5, 5.41) is 3.93. The van der Waals surface area contributed by atoms with E-state index in [9.17, 15) is 13.2 Å². The quantitative estimate of drug-likeness (QED) is 0.791. The molecule has 0 aliphatic heterocycles. The van der Waals surface area contributed by atoms with Gasteiger partial charge in [0.15, 0.2) is 5.65 Å². The Morgan fingerprint density at radius 3 is 2.21 bits per heavy atom. The summed E-state index contributed by atoms with van der Waals surface area (Å²) in [5.74, 6) is -0.513. The second kappa shape index (κ2) is 7.60. The van der Waals surface area contributed by atoms with Gasteiger partial charge in [-0.1, -0.05) is 27.7 Å². The summed E-state index contributed by atoms with van der Waals surface area (Å²) >= 11 is 0. The molecule has 0 aromatic carbocycles. The van der Waals surface area contributed by atoms with Crippen molar-refractivity contribution < 1.29 is 17.9 Å². The maximum absolute atomic E-state index is 11.9. The number of rotatable bonds is 1. The van der Waals surface area contributed by atoms with Crippen LogP contribution in [0.2, 0.25) is 0 Å². The SMILES string of the molecule is CC.CC.Cc1ccc2nc(OC(F)(F)F)cn2n1. The number of nitrogens with zero attached hydrogens (tertiary/aromatic N) is 3. The van der Waals surface area contributed by atoms with Gasteiger partial charge in [-0.05, 0) is 19.1 Å². The predicted octanol–water partition coefficient (Wildman–Crippen LogP) is 3.99. The van der Waals surface area contributed by atoms with Crippen molar-refractivity contribution in [2.75, 3.05) is 0 Å². The van der Waals surface area contributed by atoms with Crippen LogP contribution in [-0.4, -0.2) is 21.0 Å². The second-order valence-corrected chi connectivity index (χ2v) is 2.90. The number of aromatic nitrogens is 3. The van der Waals surface area contributed by atoms with Crippen LogP contribution in [0.15, 0.2) is 18.3 Å². The smallest absolute Gasteiger partial charge is 0.386 e. The van der Waals surface area contributed by atoms with Gasteiger partial charge in [0.2, 0.25) is 5.88 Å². The van der Waals surface area contributed by atoms with Gasteiger partial charge in [-0.15, -0.1) is 13.2 Å². The van der Waals surface area contributed by atoms with Gasteiger partial charge in [-0.3, -0.25) is 0 Å². The standard InChI is InChI=1S/C8H6F3N3O.2C2H6/c1-5-2-3-6-12-7(4-14(6)13-5)15-8(9,10)11;2*1-2/h2-4H,1H3;2*1-2H3. The zero-order valence-corrected chi connectivity index (χ0v) is 11.6. The first kappa shape index (κ1) is 17.2. The second-order valence-electron chi connectivity index (χ2n) is 2.90. The Morgan fingerprint density at radius 2 is 1.68 bits per heavy atom. The van der Waals surface area contributed by atoms with E-state index in [4.69, 9.17) is 0 Å². The lowest BCUT2D eigenvalue weighted by Gasteiger charge is -2.03. The largest absolute Gasteiger partial charge is 0.574 e. The number of aryl methyl sites for hydroxylation is 1. The van der Waals surface area contributed by atoms with Gasteiger partial charge in [0.05, 0.1) is 11.9 Å². The van der Waals surface area contributed by atoms with Crippen LogP contribution in [0.3, 0.4) is 0 Å². The number of imidazole rings is 1. The Balaban J connectivity index is 0.000000741. The number of hydrogen-bond donors (Lipinski definition) is 0. The van der Waals surface area contributed by atoms with Crippen LogP contribution < -0.4 is 4.74 Å². The van der Waals surface area contributed by atoms with Crippen molar-refractivity contribution in [3.8, 4) is 5.88 Å². The molecule has 0 saturated heterocycles. The third-order valence-electron chi connectivity index (χ3n) is 1.65. The number of fused-ring (bicyclic) bond motifs is 1. The van der Waals surface area contributed by atoms with Crippen molar-refractivity contribution in [1.82, 2.24) is 14.6 Å². The first-order valence-electron chi connectivity index (χ1n) is 6.03. The van der Waals surface area contributed by atoms with Crippen molar-refractivity contribution in [2.24, 2.45) is 0 Å². The Morgan fingerprint density at radius 1 is 1.11 bits per heavy atom. The molecule has 0 aliphatic carbocycles. The van der Waals surface area contributed by atoms with Crippen LogP contribution in [0.1, 0.15) is 33.4 Å². The summed E-state index contributed by atoms with van der Waals surface area (Å²) in [5.41, 5.74) is 0.985. The third kappa shape index (κ3) is 5.58. The van der Waals surface area contributed by atoms with Crippen LogP contribution in [0.25, 0.3) is 5.65 Å². The fourth-order valence-corrected chi connectivity index (χ4v) is 1.12. The molecule has 0 N–H and O–H groups in total. The van der Waals surface area contributed by atoms with Gasteiger partial charge in [-0.2, -0.15) is 10.1 Å². The Hall–Kier alpha value is -1.79. The fourth-order valence-electron chi connectivity index (χ4n) is 1.12. The van der Waals surface area contributed by atoms with Crippen LogP contribution in [-0.2, 0) is 0 Å². The molecule has 19 heavy (non-hydrogen) atoms. The normalized spacial score (nSPS) is 10.1. The van der Waals surface area contributed by atoms with Crippen molar-refractivity contribution >= 4 is 5.65 Å².